The van der Waals surface area contributed by atoms with Gasteiger partial charge in [-0.3, -0.25) is 4.79 Å². The Morgan fingerprint density at radius 2 is 1.86 bits per heavy atom. The fraction of sp³-hybridized carbons (Fsp3) is 0.214. The number of amides is 1. The normalized spacial score (nSPS) is 11.7. The maximum atomic E-state index is 13.1. The molecule has 0 radical (unpaired) electrons. The Bertz CT molecular complexity index is 1360. The molecular formula is C28H30N4O2S. The number of hydrogen-bond acceptors (Lipinski definition) is 5. The summed E-state index contributed by atoms with van der Waals surface area (Å²) in [5.41, 5.74) is 5.79. The number of carbonyl (C=O) groups excluding carboxylic acids is 1. The van der Waals surface area contributed by atoms with Crippen LogP contribution in [0.3, 0.4) is 0 Å². The van der Waals surface area contributed by atoms with Crippen LogP contribution in [0, 0.1) is 0 Å². The highest BCUT2D eigenvalue weighted by atomic mass is 32.1. The SMILES string of the molecule is C[C@H](O)CCNCc1cscnc(-c2ccccc2NC(=O)c2ccc3ccccc3c2)cn1C. The van der Waals surface area contributed by atoms with E-state index in [1.165, 1.54) is 11.3 Å². The molecule has 0 aliphatic heterocycles. The van der Waals surface area contributed by atoms with Crippen molar-refractivity contribution in [3.05, 3.63) is 95.1 Å². The number of aryl methyl sites for hydroxylation is 1. The van der Waals surface area contributed by atoms with Crippen LogP contribution in [0.5, 0.6) is 0 Å². The van der Waals surface area contributed by atoms with Gasteiger partial charge in [0, 0.05) is 42.0 Å². The van der Waals surface area contributed by atoms with Gasteiger partial charge in [0.15, 0.2) is 0 Å². The number of para-hydroxylation sites is 1. The summed E-state index contributed by atoms with van der Waals surface area (Å²) in [6.45, 7) is 3.20. The van der Waals surface area contributed by atoms with Gasteiger partial charge in [-0.1, -0.05) is 48.5 Å². The lowest BCUT2D eigenvalue weighted by atomic mass is 10.1. The fourth-order valence-corrected chi connectivity index (χ4v) is 4.39. The molecule has 0 unspecified atom stereocenters. The minimum atomic E-state index is -0.319. The lowest BCUT2D eigenvalue weighted by Crippen LogP contribution is -2.20. The number of anilines is 1. The molecule has 1 atom stereocenters. The highest BCUT2D eigenvalue weighted by Crippen LogP contribution is 2.27. The topological polar surface area (TPSA) is 79.2 Å². The smallest absolute Gasteiger partial charge is 0.255 e. The van der Waals surface area contributed by atoms with Crippen LogP contribution in [0.4, 0.5) is 5.69 Å². The molecule has 0 fully saturated rings. The van der Waals surface area contributed by atoms with Gasteiger partial charge in [-0.25, -0.2) is 4.98 Å². The zero-order valence-corrected chi connectivity index (χ0v) is 20.8. The number of benzene rings is 3. The standard InChI is InChI=1S/C28H30N4O2S/c1-20(33)13-14-29-16-24-18-35-19-30-27(17-32(24)2)25-9-5-6-10-26(25)31-28(34)23-12-11-21-7-3-4-8-22(21)15-23/h3-12,15,17-20,29,33H,13-14,16H2,1-2H3,(H,31,34)/t20-/m0/s1. The lowest BCUT2D eigenvalue weighted by molar-refractivity contribution is 0.102. The van der Waals surface area contributed by atoms with Gasteiger partial charge in [-0.2, -0.15) is 0 Å². The van der Waals surface area contributed by atoms with E-state index in [1.807, 2.05) is 84.5 Å². The van der Waals surface area contributed by atoms with Crippen molar-refractivity contribution in [1.29, 1.82) is 0 Å². The molecule has 0 spiro atoms. The zero-order valence-electron chi connectivity index (χ0n) is 19.9. The fourth-order valence-electron chi connectivity index (χ4n) is 3.75. The number of aliphatic hydroxyl groups is 1. The van der Waals surface area contributed by atoms with Crippen LogP contribution in [0.25, 0.3) is 22.0 Å². The van der Waals surface area contributed by atoms with Gasteiger partial charge >= 0.3 is 0 Å². The third kappa shape index (κ3) is 6.54. The molecule has 3 N–H and O–H groups in total. The molecule has 0 saturated carbocycles. The number of aromatic nitrogens is 2. The Labute approximate surface area is 209 Å². The van der Waals surface area contributed by atoms with Gasteiger partial charge < -0.3 is 20.3 Å². The number of fused-ring (bicyclic) bond motifs is 1. The van der Waals surface area contributed by atoms with Crippen LogP contribution in [-0.2, 0) is 13.6 Å². The molecule has 6 nitrogen and oxygen atoms in total. The Hall–Kier alpha value is -3.52. The van der Waals surface area contributed by atoms with Crippen molar-refractivity contribution in [3.63, 3.8) is 0 Å². The van der Waals surface area contributed by atoms with Crippen LogP contribution in [0.15, 0.2) is 83.8 Å². The van der Waals surface area contributed by atoms with Crippen LogP contribution in [0.2, 0.25) is 0 Å². The van der Waals surface area contributed by atoms with Crippen LogP contribution in [-0.4, -0.2) is 33.2 Å². The summed E-state index contributed by atoms with van der Waals surface area (Å²) >= 11 is 1.51. The van der Waals surface area contributed by atoms with E-state index in [0.29, 0.717) is 24.2 Å². The number of carbonyl (C=O) groups is 1. The van der Waals surface area contributed by atoms with E-state index in [1.54, 1.807) is 12.4 Å². The van der Waals surface area contributed by atoms with Crippen LogP contribution in [0.1, 0.15) is 29.4 Å². The summed E-state index contributed by atoms with van der Waals surface area (Å²) in [5.74, 6) is -0.163. The zero-order chi connectivity index (χ0) is 24.6. The van der Waals surface area contributed by atoms with Gasteiger partial charge in [0.1, 0.15) is 0 Å². The first-order valence-corrected chi connectivity index (χ1v) is 12.6. The number of rotatable bonds is 8. The number of aliphatic hydroxyl groups excluding tert-OH is 1. The molecule has 1 aromatic heterocycles. The second-order valence-electron chi connectivity index (χ2n) is 8.48. The first-order valence-electron chi connectivity index (χ1n) is 11.6. The van der Waals surface area contributed by atoms with E-state index in [2.05, 4.69) is 21.0 Å². The maximum absolute atomic E-state index is 13.1. The molecule has 1 heterocycles. The average Bonchev–Trinajstić information content (AvgIpc) is 2.85. The summed E-state index contributed by atoms with van der Waals surface area (Å²) in [4.78, 5) is 17.8. The van der Waals surface area contributed by atoms with E-state index >= 15 is 0 Å². The Morgan fingerprint density at radius 3 is 2.69 bits per heavy atom. The third-order valence-electron chi connectivity index (χ3n) is 5.73. The van der Waals surface area contributed by atoms with Crippen LogP contribution >= 0.6 is 11.3 Å². The average molecular weight is 487 g/mol. The number of nitrogens with zero attached hydrogens (tertiary/aromatic N) is 2. The van der Waals surface area contributed by atoms with Crippen LogP contribution < -0.4 is 10.6 Å². The molecule has 0 bridgehead atoms. The minimum Gasteiger partial charge on any atom is -0.393 e. The molecular weight excluding hydrogens is 456 g/mol. The molecule has 0 aliphatic rings. The summed E-state index contributed by atoms with van der Waals surface area (Å²) < 4.78 is 2.04. The largest absolute Gasteiger partial charge is 0.393 e. The molecule has 3 aromatic carbocycles. The minimum absolute atomic E-state index is 0.163. The van der Waals surface area contributed by atoms with Gasteiger partial charge in [0.2, 0.25) is 0 Å². The van der Waals surface area contributed by atoms with Gasteiger partial charge in [0.25, 0.3) is 5.91 Å². The maximum Gasteiger partial charge on any atom is 0.255 e. The molecule has 180 valence electrons. The second-order valence-corrected chi connectivity index (χ2v) is 9.20. The molecule has 7 heteroatoms. The molecule has 4 rings (SSSR count). The summed E-state index contributed by atoms with van der Waals surface area (Å²) in [5, 5.41) is 20.1. The van der Waals surface area contributed by atoms with Crippen molar-refractivity contribution in [1.82, 2.24) is 14.9 Å². The molecule has 0 aliphatic carbocycles. The Kier molecular flexibility index (Phi) is 8.26. The molecule has 0 saturated heterocycles. The third-order valence-corrected chi connectivity index (χ3v) is 6.37. The first kappa shape index (κ1) is 24.6. The van der Waals surface area contributed by atoms with Crippen molar-refractivity contribution in [2.75, 3.05) is 11.9 Å². The van der Waals surface area contributed by atoms with Gasteiger partial charge in [-0.05, 0) is 48.9 Å². The van der Waals surface area contributed by atoms with Crippen molar-refractivity contribution >= 4 is 33.7 Å². The van der Waals surface area contributed by atoms with Crippen molar-refractivity contribution in [2.24, 2.45) is 7.05 Å². The predicted molar refractivity (Wildman–Crippen MR) is 144 cm³/mol. The number of nitrogens with one attached hydrogen (secondary N) is 2. The van der Waals surface area contributed by atoms with Crippen molar-refractivity contribution in [2.45, 2.75) is 26.0 Å². The monoisotopic (exact) mass is 486 g/mol. The van der Waals surface area contributed by atoms with E-state index in [0.717, 1.165) is 34.3 Å². The highest BCUT2D eigenvalue weighted by molar-refractivity contribution is 7.07. The van der Waals surface area contributed by atoms with E-state index in [9.17, 15) is 9.90 Å². The molecule has 1 amide bonds. The van der Waals surface area contributed by atoms with E-state index in [-0.39, 0.29) is 12.0 Å². The highest BCUT2D eigenvalue weighted by Gasteiger charge is 2.12. The summed E-state index contributed by atoms with van der Waals surface area (Å²) in [7, 11) is 1.99. The van der Waals surface area contributed by atoms with Crippen molar-refractivity contribution in [3.8, 4) is 11.3 Å². The second kappa shape index (κ2) is 11.8. The number of hydrogen-bond donors (Lipinski definition) is 3. The summed E-state index contributed by atoms with van der Waals surface area (Å²) in [6, 6.07) is 21.4. The molecule has 35 heavy (non-hydrogen) atoms. The Morgan fingerprint density at radius 1 is 1.09 bits per heavy atom. The Balaban J connectivity index is 1.59. The predicted octanol–water partition coefficient (Wildman–Crippen LogP) is 5.54. The quantitative estimate of drug-likeness (QED) is 0.286. The van der Waals surface area contributed by atoms with Crippen molar-refractivity contribution < 1.29 is 9.90 Å². The molecule has 4 aromatic rings. The van der Waals surface area contributed by atoms with E-state index < -0.39 is 0 Å². The lowest BCUT2D eigenvalue weighted by Gasteiger charge is -2.13. The summed E-state index contributed by atoms with van der Waals surface area (Å²) in [6.07, 6.45) is 2.36. The van der Waals surface area contributed by atoms with Gasteiger partial charge in [-0.15, -0.1) is 11.3 Å². The van der Waals surface area contributed by atoms with Gasteiger partial charge in [0.05, 0.1) is 23.0 Å². The van der Waals surface area contributed by atoms with E-state index in [4.69, 9.17) is 0 Å². The first-order chi connectivity index (χ1) is 17.0.